The van der Waals surface area contributed by atoms with Crippen LogP contribution >= 0.6 is 22.9 Å². The van der Waals surface area contributed by atoms with E-state index in [9.17, 15) is 9.59 Å². The summed E-state index contributed by atoms with van der Waals surface area (Å²) in [6.07, 6.45) is 0.119. The number of carbonyl (C=O) groups excluding carboxylic acids is 2. The summed E-state index contributed by atoms with van der Waals surface area (Å²) >= 11 is 7.31. The van der Waals surface area contributed by atoms with Crippen LogP contribution in [0.3, 0.4) is 0 Å². The minimum atomic E-state index is -0.370. The van der Waals surface area contributed by atoms with Gasteiger partial charge in [-0.1, -0.05) is 23.7 Å². The molecule has 0 saturated heterocycles. The van der Waals surface area contributed by atoms with E-state index in [0.29, 0.717) is 15.7 Å². The van der Waals surface area contributed by atoms with Crippen LogP contribution in [0.1, 0.15) is 23.8 Å². The standard InChI is InChI=1S/C15H15ClN2O3S/c1-9(6-13(19)21-2)17-14(20)12-8-22-15(18-12)10-4-3-5-11(16)7-10/h3-5,7-9H,6H2,1-2H3,(H,17,20). The summed E-state index contributed by atoms with van der Waals surface area (Å²) in [6, 6.07) is 6.96. The summed E-state index contributed by atoms with van der Waals surface area (Å²) < 4.78 is 4.56. The number of thiazole rings is 1. The fourth-order valence-electron chi connectivity index (χ4n) is 1.81. The maximum Gasteiger partial charge on any atom is 0.307 e. The molecule has 1 N–H and O–H groups in total. The van der Waals surface area contributed by atoms with Crippen molar-refractivity contribution in [2.24, 2.45) is 0 Å². The Morgan fingerprint density at radius 2 is 2.23 bits per heavy atom. The zero-order chi connectivity index (χ0) is 16.1. The van der Waals surface area contributed by atoms with Crippen LogP contribution in [0, 0.1) is 0 Å². The third-order valence-corrected chi connectivity index (χ3v) is 4.01. The van der Waals surface area contributed by atoms with E-state index in [-0.39, 0.29) is 24.3 Å². The molecule has 0 spiro atoms. The first-order chi connectivity index (χ1) is 10.5. The smallest absolute Gasteiger partial charge is 0.307 e. The Kier molecular flexibility index (Phi) is 5.51. The van der Waals surface area contributed by atoms with Gasteiger partial charge in [-0.05, 0) is 19.1 Å². The topological polar surface area (TPSA) is 68.3 Å². The van der Waals surface area contributed by atoms with Crippen molar-refractivity contribution in [2.45, 2.75) is 19.4 Å². The van der Waals surface area contributed by atoms with Crippen LogP contribution in [-0.2, 0) is 9.53 Å². The van der Waals surface area contributed by atoms with Gasteiger partial charge in [-0.2, -0.15) is 0 Å². The van der Waals surface area contributed by atoms with Crippen molar-refractivity contribution >= 4 is 34.8 Å². The zero-order valence-corrected chi connectivity index (χ0v) is 13.7. The third-order valence-electron chi connectivity index (χ3n) is 2.89. The SMILES string of the molecule is COC(=O)CC(C)NC(=O)c1csc(-c2cccc(Cl)c2)n1. The Labute approximate surface area is 137 Å². The molecule has 2 aromatic rings. The predicted molar refractivity (Wildman–Crippen MR) is 86.1 cm³/mol. The van der Waals surface area contributed by atoms with Crippen molar-refractivity contribution in [3.63, 3.8) is 0 Å². The lowest BCUT2D eigenvalue weighted by Gasteiger charge is -2.11. The summed E-state index contributed by atoms with van der Waals surface area (Å²) in [6.45, 7) is 1.74. The highest BCUT2D eigenvalue weighted by Gasteiger charge is 2.16. The highest BCUT2D eigenvalue weighted by Crippen LogP contribution is 2.26. The van der Waals surface area contributed by atoms with Crippen LogP contribution < -0.4 is 5.32 Å². The Morgan fingerprint density at radius 3 is 2.91 bits per heavy atom. The van der Waals surface area contributed by atoms with Gasteiger partial charge < -0.3 is 10.1 Å². The van der Waals surface area contributed by atoms with Crippen molar-refractivity contribution in [1.29, 1.82) is 0 Å². The number of methoxy groups -OCH3 is 1. The Bertz CT molecular complexity index is 687. The number of hydrogen-bond donors (Lipinski definition) is 1. The summed E-state index contributed by atoms with van der Waals surface area (Å²) in [5, 5.41) is 5.73. The molecule has 0 aliphatic heterocycles. The highest BCUT2D eigenvalue weighted by molar-refractivity contribution is 7.13. The first-order valence-corrected chi connectivity index (χ1v) is 7.84. The van der Waals surface area contributed by atoms with Crippen molar-refractivity contribution in [1.82, 2.24) is 10.3 Å². The minimum absolute atomic E-state index is 0.119. The van der Waals surface area contributed by atoms with Gasteiger partial charge in [0, 0.05) is 22.0 Å². The fourth-order valence-corrected chi connectivity index (χ4v) is 2.80. The van der Waals surface area contributed by atoms with Gasteiger partial charge in [-0.15, -0.1) is 11.3 Å². The number of rotatable bonds is 5. The molecule has 0 bridgehead atoms. The number of nitrogens with one attached hydrogen (secondary N) is 1. The van der Waals surface area contributed by atoms with Crippen LogP contribution in [-0.4, -0.2) is 30.0 Å². The summed E-state index contributed by atoms with van der Waals surface area (Å²) in [5.41, 5.74) is 1.18. The van der Waals surface area contributed by atoms with Gasteiger partial charge in [0.05, 0.1) is 13.5 Å². The predicted octanol–water partition coefficient (Wildman–Crippen LogP) is 3.14. The second-order valence-electron chi connectivity index (χ2n) is 4.70. The van der Waals surface area contributed by atoms with Crippen LogP contribution in [0.5, 0.6) is 0 Å². The molecule has 2 rings (SSSR count). The molecule has 1 aromatic heterocycles. The van der Waals surface area contributed by atoms with Gasteiger partial charge in [0.2, 0.25) is 0 Å². The molecule has 1 heterocycles. The molecule has 22 heavy (non-hydrogen) atoms. The lowest BCUT2D eigenvalue weighted by Crippen LogP contribution is -2.34. The van der Waals surface area contributed by atoms with Gasteiger partial charge >= 0.3 is 5.97 Å². The van der Waals surface area contributed by atoms with Crippen molar-refractivity contribution in [3.8, 4) is 10.6 Å². The largest absolute Gasteiger partial charge is 0.469 e. The lowest BCUT2D eigenvalue weighted by molar-refractivity contribution is -0.141. The number of esters is 1. The highest BCUT2D eigenvalue weighted by atomic mass is 35.5. The van der Waals surface area contributed by atoms with Crippen LogP contribution in [0.15, 0.2) is 29.6 Å². The molecule has 0 radical (unpaired) electrons. The molecule has 1 atom stereocenters. The van der Waals surface area contributed by atoms with Gasteiger partial charge in [-0.3, -0.25) is 9.59 Å². The molecular weight excluding hydrogens is 324 g/mol. The molecule has 0 aliphatic carbocycles. The number of benzene rings is 1. The summed E-state index contributed by atoms with van der Waals surface area (Å²) in [7, 11) is 1.31. The van der Waals surface area contributed by atoms with Crippen LogP contribution in [0.2, 0.25) is 5.02 Å². The number of carbonyl (C=O) groups is 2. The molecular formula is C15H15ClN2O3S. The monoisotopic (exact) mass is 338 g/mol. The van der Waals surface area contributed by atoms with E-state index in [1.165, 1.54) is 18.4 Å². The maximum absolute atomic E-state index is 12.1. The number of ether oxygens (including phenoxy) is 1. The molecule has 5 nitrogen and oxygen atoms in total. The molecule has 1 aromatic carbocycles. The number of amides is 1. The number of nitrogens with zero attached hydrogens (tertiary/aromatic N) is 1. The normalized spacial score (nSPS) is 11.8. The number of hydrogen-bond acceptors (Lipinski definition) is 5. The van der Waals surface area contributed by atoms with Gasteiger partial charge in [0.1, 0.15) is 10.7 Å². The lowest BCUT2D eigenvalue weighted by atomic mass is 10.2. The average Bonchev–Trinajstić information content (AvgIpc) is 2.96. The fraction of sp³-hybridized carbons (Fsp3) is 0.267. The maximum atomic E-state index is 12.1. The third kappa shape index (κ3) is 4.29. The average molecular weight is 339 g/mol. The quantitative estimate of drug-likeness (QED) is 0.850. The first kappa shape index (κ1) is 16.5. The number of aromatic nitrogens is 1. The van der Waals surface area contributed by atoms with Gasteiger partial charge in [0.15, 0.2) is 0 Å². The molecule has 1 amide bonds. The second kappa shape index (κ2) is 7.38. The van der Waals surface area contributed by atoms with E-state index in [1.54, 1.807) is 24.4 Å². The van der Waals surface area contributed by atoms with E-state index in [0.717, 1.165) is 5.56 Å². The molecule has 7 heteroatoms. The Balaban J connectivity index is 2.04. The van der Waals surface area contributed by atoms with Crippen molar-refractivity contribution in [3.05, 3.63) is 40.4 Å². The van der Waals surface area contributed by atoms with Crippen molar-refractivity contribution in [2.75, 3.05) is 7.11 Å². The molecule has 0 fully saturated rings. The van der Waals surface area contributed by atoms with Crippen LogP contribution in [0.25, 0.3) is 10.6 Å². The van der Waals surface area contributed by atoms with E-state index in [2.05, 4.69) is 15.0 Å². The number of halogens is 1. The van der Waals surface area contributed by atoms with Gasteiger partial charge in [0.25, 0.3) is 5.91 Å². The molecule has 116 valence electrons. The van der Waals surface area contributed by atoms with Crippen LogP contribution in [0.4, 0.5) is 0 Å². The van der Waals surface area contributed by atoms with E-state index in [4.69, 9.17) is 11.6 Å². The van der Waals surface area contributed by atoms with E-state index in [1.807, 2.05) is 12.1 Å². The molecule has 0 aliphatic rings. The van der Waals surface area contributed by atoms with Gasteiger partial charge in [-0.25, -0.2) is 4.98 Å². The van der Waals surface area contributed by atoms with Crippen molar-refractivity contribution < 1.29 is 14.3 Å². The molecule has 1 unspecified atom stereocenters. The second-order valence-corrected chi connectivity index (χ2v) is 6.00. The first-order valence-electron chi connectivity index (χ1n) is 6.58. The Morgan fingerprint density at radius 1 is 1.45 bits per heavy atom. The molecule has 0 saturated carbocycles. The summed E-state index contributed by atoms with van der Waals surface area (Å²) in [5.74, 6) is -0.688. The Hall–Kier alpha value is -1.92. The summed E-state index contributed by atoms with van der Waals surface area (Å²) in [4.78, 5) is 27.6. The van der Waals surface area contributed by atoms with E-state index < -0.39 is 0 Å². The zero-order valence-electron chi connectivity index (χ0n) is 12.1. The van der Waals surface area contributed by atoms with E-state index >= 15 is 0 Å². The minimum Gasteiger partial charge on any atom is -0.469 e.